The van der Waals surface area contributed by atoms with Gasteiger partial charge in [-0.05, 0) is 41.9 Å². The van der Waals surface area contributed by atoms with Gasteiger partial charge in [0.15, 0.2) is 5.69 Å². The molecule has 0 aliphatic rings. The van der Waals surface area contributed by atoms with Gasteiger partial charge in [-0.2, -0.15) is 0 Å². The van der Waals surface area contributed by atoms with Crippen LogP contribution < -0.4 is 10.5 Å². The molecule has 7 heteroatoms. The van der Waals surface area contributed by atoms with Gasteiger partial charge in [-0.3, -0.25) is 0 Å². The summed E-state index contributed by atoms with van der Waals surface area (Å²) in [4.78, 5) is 14.8. The molecule has 0 saturated heterocycles. The topological polar surface area (TPSA) is 64.2 Å². The van der Waals surface area contributed by atoms with Crippen LogP contribution in [0, 0.1) is 0 Å². The van der Waals surface area contributed by atoms with E-state index in [9.17, 15) is 4.79 Å². The van der Waals surface area contributed by atoms with Crippen LogP contribution in [0.2, 0.25) is 0 Å². The third-order valence-corrected chi connectivity index (χ3v) is 5.33. The van der Waals surface area contributed by atoms with Crippen LogP contribution in [0.5, 0.6) is 0 Å². The van der Waals surface area contributed by atoms with Crippen molar-refractivity contribution in [1.29, 1.82) is 0 Å². The van der Waals surface area contributed by atoms with Crippen LogP contribution in [-0.2, 0) is 0 Å². The summed E-state index contributed by atoms with van der Waals surface area (Å²) >= 11 is 3.64. The molecule has 28 heavy (non-hydrogen) atoms. The number of nitrogens with zero attached hydrogens (tertiary/aromatic N) is 4. The molecule has 0 atom stereocenters. The van der Waals surface area contributed by atoms with Crippen LogP contribution >= 0.6 is 15.9 Å². The normalized spacial score (nSPS) is 11.1. The number of rotatable bonds is 5. The zero-order chi connectivity index (χ0) is 19.7. The third kappa shape index (κ3) is 3.33. The Bertz CT molecular complexity index is 1180. The second kappa shape index (κ2) is 7.59. The summed E-state index contributed by atoms with van der Waals surface area (Å²) in [5.41, 5.74) is 3.04. The smallest absolute Gasteiger partial charge is 0.362 e. The van der Waals surface area contributed by atoms with Crippen LogP contribution in [0.1, 0.15) is 13.8 Å². The Morgan fingerprint density at radius 1 is 1.11 bits per heavy atom. The Kier molecular flexibility index (Phi) is 5.00. The second-order valence-corrected chi connectivity index (χ2v) is 7.20. The van der Waals surface area contributed by atoms with Gasteiger partial charge in [-0.25, -0.2) is 9.48 Å². The van der Waals surface area contributed by atoms with E-state index in [2.05, 4.69) is 45.0 Å². The highest BCUT2D eigenvalue weighted by Gasteiger charge is 2.14. The van der Waals surface area contributed by atoms with E-state index in [1.807, 2.05) is 42.5 Å². The molecule has 0 aliphatic carbocycles. The summed E-state index contributed by atoms with van der Waals surface area (Å²) < 4.78 is 8.01. The van der Waals surface area contributed by atoms with Crippen molar-refractivity contribution in [2.45, 2.75) is 13.8 Å². The van der Waals surface area contributed by atoms with Crippen molar-refractivity contribution in [3.63, 3.8) is 0 Å². The minimum atomic E-state index is -0.454. The van der Waals surface area contributed by atoms with Gasteiger partial charge in [-0.15, -0.1) is 5.10 Å². The summed E-state index contributed by atoms with van der Waals surface area (Å²) in [5.74, 6) is 0. The van der Waals surface area contributed by atoms with Gasteiger partial charge in [0.05, 0.1) is 11.9 Å². The highest BCUT2D eigenvalue weighted by Crippen LogP contribution is 2.31. The van der Waals surface area contributed by atoms with Gasteiger partial charge in [0.1, 0.15) is 11.3 Å². The summed E-state index contributed by atoms with van der Waals surface area (Å²) in [6, 6.07) is 15.3. The molecule has 2 aromatic heterocycles. The summed E-state index contributed by atoms with van der Waals surface area (Å²) in [5, 5.41) is 9.10. The van der Waals surface area contributed by atoms with Gasteiger partial charge in [0, 0.05) is 34.6 Å². The highest BCUT2D eigenvalue weighted by atomic mass is 79.9. The lowest BCUT2D eigenvalue weighted by atomic mass is 10.2. The predicted octanol–water partition coefficient (Wildman–Crippen LogP) is 4.65. The summed E-state index contributed by atoms with van der Waals surface area (Å²) in [7, 11) is 0. The van der Waals surface area contributed by atoms with E-state index in [-0.39, 0.29) is 0 Å². The Balaban J connectivity index is 1.79. The summed E-state index contributed by atoms with van der Waals surface area (Å²) in [6.07, 6.45) is 1.73. The standard InChI is InChI=1S/C21H19BrN4O2/c1-3-25(4-2)18-12-20-15(10-16(18)22)11-19(21(27)28-20)26-13-17(23-24-26)14-8-6-5-7-9-14/h5-13H,3-4H2,1-2H3. The minimum Gasteiger partial charge on any atom is -0.421 e. The Morgan fingerprint density at radius 3 is 2.57 bits per heavy atom. The molecule has 0 unspecified atom stereocenters. The van der Waals surface area contributed by atoms with Gasteiger partial charge in [0.25, 0.3) is 0 Å². The molecule has 0 radical (unpaired) electrons. The molecule has 0 fully saturated rings. The molecule has 0 saturated carbocycles. The highest BCUT2D eigenvalue weighted by molar-refractivity contribution is 9.10. The van der Waals surface area contributed by atoms with E-state index in [1.54, 1.807) is 12.3 Å². The van der Waals surface area contributed by atoms with E-state index in [4.69, 9.17) is 4.42 Å². The number of aromatic nitrogens is 3. The molecule has 0 amide bonds. The molecule has 2 aromatic carbocycles. The fourth-order valence-corrected chi connectivity index (χ4v) is 3.82. The maximum absolute atomic E-state index is 12.6. The molecule has 6 nitrogen and oxygen atoms in total. The van der Waals surface area contributed by atoms with Crippen LogP contribution in [0.4, 0.5) is 5.69 Å². The van der Waals surface area contributed by atoms with E-state index in [1.165, 1.54) is 4.68 Å². The molecule has 0 aliphatic heterocycles. The Morgan fingerprint density at radius 2 is 1.86 bits per heavy atom. The van der Waals surface area contributed by atoms with Crippen LogP contribution in [0.25, 0.3) is 27.9 Å². The Labute approximate surface area is 170 Å². The van der Waals surface area contributed by atoms with E-state index < -0.39 is 5.63 Å². The maximum Gasteiger partial charge on any atom is 0.362 e. The molecule has 142 valence electrons. The van der Waals surface area contributed by atoms with Crippen molar-refractivity contribution < 1.29 is 4.42 Å². The van der Waals surface area contributed by atoms with E-state index >= 15 is 0 Å². The molecule has 2 heterocycles. The lowest BCUT2D eigenvalue weighted by Crippen LogP contribution is -2.22. The number of anilines is 1. The number of hydrogen-bond acceptors (Lipinski definition) is 5. The molecule has 0 bridgehead atoms. The molecular formula is C21H19BrN4O2. The monoisotopic (exact) mass is 438 g/mol. The fourth-order valence-electron chi connectivity index (χ4n) is 3.21. The van der Waals surface area contributed by atoms with Crippen molar-refractivity contribution >= 4 is 32.6 Å². The molecule has 0 spiro atoms. The van der Waals surface area contributed by atoms with Gasteiger partial charge >= 0.3 is 5.63 Å². The first-order chi connectivity index (χ1) is 13.6. The molecule has 4 aromatic rings. The SMILES string of the molecule is CCN(CC)c1cc2oc(=O)c(-n3cc(-c4ccccc4)nn3)cc2cc1Br. The zero-order valence-electron chi connectivity index (χ0n) is 15.6. The van der Waals surface area contributed by atoms with Gasteiger partial charge in [-0.1, -0.05) is 35.5 Å². The van der Waals surface area contributed by atoms with Crippen LogP contribution in [0.15, 0.2) is 68.4 Å². The third-order valence-electron chi connectivity index (χ3n) is 4.70. The minimum absolute atomic E-state index is 0.324. The average Bonchev–Trinajstić information content (AvgIpc) is 3.20. The van der Waals surface area contributed by atoms with Gasteiger partial charge < -0.3 is 9.32 Å². The van der Waals surface area contributed by atoms with Crippen molar-refractivity contribution in [2.24, 2.45) is 0 Å². The number of hydrogen-bond donors (Lipinski definition) is 0. The predicted molar refractivity (Wildman–Crippen MR) is 114 cm³/mol. The second-order valence-electron chi connectivity index (χ2n) is 6.35. The molecule has 4 rings (SSSR count). The average molecular weight is 439 g/mol. The van der Waals surface area contributed by atoms with E-state index in [0.29, 0.717) is 17.0 Å². The first-order valence-corrected chi connectivity index (χ1v) is 9.90. The van der Waals surface area contributed by atoms with Crippen LogP contribution in [-0.4, -0.2) is 28.1 Å². The van der Waals surface area contributed by atoms with Crippen molar-refractivity contribution in [3.8, 4) is 16.9 Å². The van der Waals surface area contributed by atoms with Crippen molar-refractivity contribution in [3.05, 3.63) is 69.6 Å². The van der Waals surface area contributed by atoms with Crippen LogP contribution in [0.3, 0.4) is 0 Å². The molecule has 0 N–H and O–H groups in total. The lowest BCUT2D eigenvalue weighted by Gasteiger charge is -2.22. The fraction of sp³-hybridized carbons (Fsp3) is 0.190. The number of fused-ring (bicyclic) bond motifs is 1. The molecular weight excluding hydrogens is 420 g/mol. The largest absolute Gasteiger partial charge is 0.421 e. The van der Waals surface area contributed by atoms with E-state index in [0.717, 1.165) is 34.2 Å². The van der Waals surface area contributed by atoms with Crippen molar-refractivity contribution in [2.75, 3.05) is 18.0 Å². The lowest BCUT2D eigenvalue weighted by molar-refractivity contribution is 0.550. The first kappa shape index (κ1) is 18.4. The van der Waals surface area contributed by atoms with Crippen molar-refractivity contribution in [1.82, 2.24) is 15.0 Å². The van der Waals surface area contributed by atoms with Gasteiger partial charge in [0.2, 0.25) is 0 Å². The number of benzene rings is 2. The Hall–Kier alpha value is -2.93. The number of halogens is 1. The zero-order valence-corrected chi connectivity index (χ0v) is 17.2. The quantitative estimate of drug-likeness (QED) is 0.424. The maximum atomic E-state index is 12.6. The summed E-state index contributed by atoms with van der Waals surface area (Å²) in [6.45, 7) is 5.91. The first-order valence-electron chi connectivity index (χ1n) is 9.11.